The molecule has 35 heavy (non-hydrogen) atoms. The Morgan fingerprint density at radius 3 is 2.66 bits per heavy atom. The molecule has 1 aromatic carbocycles. The van der Waals surface area contributed by atoms with Crippen LogP contribution >= 0.6 is 0 Å². The Morgan fingerprint density at radius 1 is 1.23 bits per heavy atom. The molecule has 0 saturated heterocycles. The Kier molecular flexibility index (Phi) is 8.75. The average molecular weight is 484 g/mol. The van der Waals surface area contributed by atoms with Crippen molar-refractivity contribution in [1.29, 1.82) is 0 Å². The van der Waals surface area contributed by atoms with Crippen molar-refractivity contribution in [2.45, 2.75) is 39.3 Å². The average Bonchev–Trinajstić information content (AvgIpc) is 2.87. The SMILES string of the molecule is CCC(=O)Nc1ccc2c(c1)OC[C@H](C)N(C(=O)c1cnccn1)C[C@@H](C)[C@H](OC)CN(C)C2=O. The third-order valence-corrected chi connectivity index (χ3v) is 6.09. The number of rotatable bonds is 4. The molecule has 10 nitrogen and oxygen atoms in total. The van der Waals surface area contributed by atoms with Crippen LogP contribution in [-0.2, 0) is 9.53 Å². The van der Waals surface area contributed by atoms with Gasteiger partial charge in [-0.15, -0.1) is 0 Å². The smallest absolute Gasteiger partial charge is 0.274 e. The van der Waals surface area contributed by atoms with Gasteiger partial charge in [0.25, 0.3) is 11.8 Å². The first-order valence-corrected chi connectivity index (χ1v) is 11.7. The summed E-state index contributed by atoms with van der Waals surface area (Å²) in [5.74, 6) is -0.376. The highest BCUT2D eigenvalue weighted by molar-refractivity contribution is 5.98. The number of methoxy groups -OCH3 is 1. The molecule has 0 bridgehead atoms. The molecule has 0 unspecified atom stereocenters. The third-order valence-electron chi connectivity index (χ3n) is 6.09. The first-order chi connectivity index (χ1) is 16.7. The highest BCUT2D eigenvalue weighted by Crippen LogP contribution is 2.27. The summed E-state index contributed by atoms with van der Waals surface area (Å²) in [5.41, 5.74) is 1.13. The van der Waals surface area contributed by atoms with E-state index in [0.29, 0.717) is 36.5 Å². The second-order valence-electron chi connectivity index (χ2n) is 8.76. The van der Waals surface area contributed by atoms with Gasteiger partial charge >= 0.3 is 0 Å². The molecule has 188 valence electrons. The first-order valence-electron chi connectivity index (χ1n) is 11.7. The van der Waals surface area contributed by atoms with E-state index in [1.807, 2.05) is 13.8 Å². The van der Waals surface area contributed by atoms with Gasteiger partial charge in [0, 0.05) is 63.7 Å². The minimum absolute atomic E-state index is 0.0798. The number of hydrogen-bond acceptors (Lipinski definition) is 7. The molecule has 2 heterocycles. The van der Waals surface area contributed by atoms with Crippen molar-refractivity contribution in [2.75, 3.05) is 39.2 Å². The quantitative estimate of drug-likeness (QED) is 0.711. The van der Waals surface area contributed by atoms with Gasteiger partial charge in [0.05, 0.1) is 23.9 Å². The number of amides is 3. The Morgan fingerprint density at radius 2 is 2.00 bits per heavy atom. The van der Waals surface area contributed by atoms with Crippen LogP contribution in [0.15, 0.2) is 36.8 Å². The molecule has 0 saturated carbocycles. The van der Waals surface area contributed by atoms with Crippen molar-refractivity contribution in [3.63, 3.8) is 0 Å². The lowest BCUT2D eigenvalue weighted by Gasteiger charge is -2.35. The highest BCUT2D eigenvalue weighted by atomic mass is 16.5. The lowest BCUT2D eigenvalue weighted by molar-refractivity contribution is -0.115. The summed E-state index contributed by atoms with van der Waals surface area (Å²) < 4.78 is 11.8. The van der Waals surface area contributed by atoms with E-state index in [1.54, 1.807) is 49.1 Å². The van der Waals surface area contributed by atoms with E-state index in [2.05, 4.69) is 15.3 Å². The predicted octanol–water partition coefficient (Wildman–Crippen LogP) is 2.47. The third kappa shape index (κ3) is 6.33. The van der Waals surface area contributed by atoms with E-state index >= 15 is 0 Å². The minimum atomic E-state index is -0.349. The zero-order valence-electron chi connectivity index (χ0n) is 20.9. The molecule has 2 aromatic rings. The lowest BCUT2D eigenvalue weighted by Crippen LogP contribution is -2.48. The van der Waals surface area contributed by atoms with Crippen molar-refractivity contribution in [3.8, 4) is 5.75 Å². The Bertz CT molecular complexity index is 1050. The van der Waals surface area contributed by atoms with Gasteiger partial charge in [0.15, 0.2) is 0 Å². The number of hydrogen-bond donors (Lipinski definition) is 1. The fourth-order valence-corrected chi connectivity index (χ4v) is 3.94. The van der Waals surface area contributed by atoms with Crippen molar-refractivity contribution in [3.05, 3.63) is 48.0 Å². The van der Waals surface area contributed by atoms with Gasteiger partial charge in [0.1, 0.15) is 18.1 Å². The molecule has 3 rings (SSSR count). The molecule has 1 aromatic heterocycles. The summed E-state index contributed by atoms with van der Waals surface area (Å²) in [6.07, 6.45) is 4.46. The van der Waals surface area contributed by atoms with Crippen molar-refractivity contribution in [1.82, 2.24) is 19.8 Å². The Balaban J connectivity index is 1.99. The van der Waals surface area contributed by atoms with E-state index < -0.39 is 0 Å². The zero-order chi connectivity index (χ0) is 25.5. The molecular weight excluding hydrogens is 450 g/mol. The second-order valence-corrected chi connectivity index (χ2v) is 8.76. The number of benzene rings is 1. The van der Waals surface area contributed by atoms with Gasteiger partial charge in [-0.1, -0.05) is 13.8 Å². The minimum Gasteiger partial charge on any atom is -0.491 e. The summed E-state index contributed by atoms with van der Waals surface area (Å²) in [5, 5.41) is 2.79. The van der Waals surface area contributed by atoms with Gasteiger partial charge in [-0.3, -0.25) is 19.4 Å². The van der Waals surface area contributed by atoms with Crippen LogP contribution < -0.4 is 10.1 Å². The number of carbonyl (C=O) groups excluding carboxylic acids is 3. The molecule has 1 aliphatic rings. The van der Waals surface area contributed by atoms with Crippen LogP contribution in [0.3, 0.4) is 0 Å². The largest absolute Gasteiger partial charge is 0.491 e. The van der Waals surface area contributed by atoms with Crippen molar-refractivity contribution in [2.24, 2.45) is 5.92 Å². The van der Waals surface area contributed by atoms with Gasteiger partial charge in [-0.05, 0) is 19.1 Å². The maximum Gasteiger partial charge on any atom is 0.274 e. The number of aromatic nitrogens is 2. The van der Waals surface area contributed by atoms with Gasteiger partial charge in [-0.2, -0.15) is 0 Å². The first kappa shape index (κ1) is 26.1. The monoisotopic (exact) mass is 483 g/mol. The molecule has 3 amide bonds. The lowest BCUT2D eigenvalue weighted by atomic mass is 10.0. The van der Waals surface area contributed by atoms with Crippen molar-refractivity contribution >= 4 is 23.4 Å². The molecule has 0 spiro atoms. The molecule has 0 aliphatic carbocycles. The fraction of sp³-hybridized carbons (Fsp3) is 0.480. The highest BCUT2D eigenvalue weighted by Gasteiger charge is 2.31. The standard InChI is InChI=1S/C25H33N5O5/c1-6-23(31)28-18-7-8-19-21(11-18)35-15-17(3)30(25(33)20-12-26-9-10-27-20)13-16(2)22(34-5)14-29(4)24(19)32/h7-12,16-17,22H,6,13-15H2,1-5H3,(H,28,31)/t16-,17+,22-/m1/s1. The van der Waals surface area contributed by atoms with Crippen LogP contribution in [0.5, 0.6) is 5.75 Å². The van der Waals surface area contributed by atoms with E-state index in [-0.39, 0.29) is 48.1 Å². The van der Waals surface area contributed by atoms with Crippen molar-refractivity contribution < 1.29 is 23.9 Å². The van der Waals surface area contributed by atoms with Gasteiger partial charge in [0.2, 0.25) is 5.91 Å². The van der Waals surface area contributed by atoms with E-state index in [1.165, 1.54) is 18.6 Å². The van der Waals surface area contributed by atoms with Crippen LogP contribution in [0.4, 0.5) is 5.69 Å². The van der Waals surface area contributed by atoms with E-state index in [4.69, 9.17) is 9.47 Å². The summed E-state index contributed by atoms with van der Waals surface area (Å²) in [6, 6.07) is 4.61. The maximum atomic E-state index is 13.4. The predicted molar refractivity (Wildman–Crippen MR) is 130 cm³/mol. The number of nitrogens with zero attached hydrogens (tertiary/aromatic N) is 4. The number of fused-ring (bicyclic) bond motifs is 1. The summed E-state index contributed by atoms with van der Waals surface area (Å²) in [4.78, 5) is 50.0. The normalized spacial score (nSPS) is 21.3. The Hall–Kier alpha value is -3.53. The van der Waals surface area contributed by atoms with Crippen LogP contribution in [-0.4, -0.2) is 83.5 Å². The molecular formula is C25H33N5O5. The summed E-state index contributed by atoms with van der Waals surface area (Å²) >= 11 is 0. The number of carbonyl (C=O) groups is 3. The molecule has 0 radical (unpaired) electrons. The zero-order valence-corrected chi connectivity index (χ0v) is 20.9. The molecule has 1 aliphatic heterocycles. The molecule has 0 fully saturated rings. The molecule has 10 heteroatoms. The summed E-state index contributed by atoms with van der Waals surface area (Å²) in [6.45, 7) is 6.46. The van der Waals surface area contributed by atoms with Gasteiger partial charge < -0.3 is 24.6 Å². The molecule has 3 atom stereocenters. The number of anilines is 1. The van der Waals surface area contributed by atoms with Crippen LogP contribution in [0.25, 0.3) is 0 Å². The number of likely N-dealkylation sites (N-methyl/N-ethyl adjacent to an activating group) is 1. The van der Waals surface area contributed by atoms with Crippen LogP contribution in [0.2, 0.25) is 0 Å². The van der Waals surface area contributed by atoms with E-state index in [0.717, 1.165) is 0 Å². The van der Waals surface area contributed by atoms with Gasteiger partial charge in [-0.25, -0.2) is 4.98 Å². The van der Waals surface area contributed by atoms with Crippen LogP contribution in [0.1, 0.15) is 48.0 Å². The number of nitrogens with one attached hydrogen (secondary N) is 1. The molecule has 1 N–H and O–H groups in total. The second kappa shape index (κ2) is 11.7. The van der Waals surface area contributed by atoms with Crippen LogP contribution in [0, 0.1) is 5.92 Å². The van der Waals surface area contributed by atoms with E-state index in [9.17, 15) is 14.4 Å². The fourth-order valence-electron chi connectivity index (χ4n) is 3.94. The topological polar surface area (TPSA) is 114 Å². The number of ether oxygens (including phenoxy) is 2. The maximum absolute atomic E-state index is 13.4. The summed E-state index contributed by atoms with van der Waals surface area (Å²) in [7, 11) is 3.30. The Labute approximate surface area is 205 Å².